The van der Waals surface area contributed by atoms with Crippen LogP contribution in [-0.4, -0.2) is 25.5 Å². The van der Waals surface area contributed by atoms with Gasteiger partial charge in [-0.25, -0.2) is 18.4 Å². The second kappa shape index (κ2) is 5.59. The summed E-state index contributed by atoms with van der Waals surface area (Å²) in [6.45, 7) is 0. The number of hydrogen-bond acceptors (Lipinski definition) is 5. The molecule has 1 heterocycles. The first-order chi connectivity index (χ1) is 8.69. The van der Waals surface area contributed by atoms with Gasteiger partial charge in [-0.05, 0) is 18.2 Å². The summed E-state index contributed by atoms with van der Waals surface area (Å²) in [5.74, 6) is 0.877. The molecule has 18 heavy (non-hydrogen) atoms. The minimum atomic E-state index is -2.52. The van der Waals surface area contributed by atoms with Gasteiger partial charge in [-0.2, -0.15) is 0 Å². The average molecular weight is 264 g/mol. The Morgan fingerprint density at radius 2 is 2.11 bits per heavy atom. The van der Waals surface area contributed by atoms with Crippen LogP contribution >= 0.6 is 0 Å². The van der Waals surface area contributed by atoms with Crippen LogP contribution in [0.25, 0.3) is 11.3 Å². The Balaban J connectivity index is 2.37. The third-order valence-corrected chi connectivity index (χ3v) is 2.88. The highest BCUT2D eigenvalue weighted by atomic mass is 32.2. The van der Waals surface area contributed by atoms with Crippen molar-refractivity contribution in [2.24, 2.45) is 0 Å². The summed E-state index contributed by atoms with van der Waals surface area (Å²) < 4.78 is 26.4. The third-order valence-electron chi connectivity index (χ3n) is 2.34. The number of methoxy groups -OCH3 is 1. The molecule has 0 aliphatic rings. The van der Waals surface area contributed by atoms with Crippen LogP contribution in [0.5, 0.6) is 5.75 Å². The second-order valence-electron chi connectivity index (χ2n) is 3.58. The number of hydrogen-bond donors (Lipinski definition) is 1. The molecule has 94 valence electrons. The summed E-state index contributed by atoms with van der Waals surface area (Å²) in [5.41, 5.74) is 1.54. The van der Waals surface area contributed by atoms with E-state index in [0.29, 0.717) is 11.5 Å². The Labute approximate surface area is 106 Å². The Kier molecular flexibility index (Phi) is 3.88. The number of rotatable bonds is 4. The van der Waals surface area contributed by atoms with Crippen LogP contribution in [0.1, 0.15) is 5.82 Å². The summed E-state index contributed by atoms with van der Waals surface area (Å²) in [6.07, 6.45) is 1.55. The van der Waals surface area contributed by atoms with E-state index in [4.69, 9.17) is 4.74 Å². The maximum Gasteiger partial charge on any atom is 0.147 e. The Bertz CT molecular complexity index is 618. The van der Waals surface area contributed by atoms with E-state index in [9.17, 15) is 8.42 Å². The molecule has 2 rings (SSSR count). The predicted molar refractivity (Wildman–Crippen MR) is 68.0 cm³/mol. The number of aromatic nitrogens is 2. The van der Waals surface area contributed by atoms with Crippen LogP contribution < -0.4 is 4.74 Å². The minimum absolute atomic E-state index is 0.146. The average Bonchev–Trinajstić information content (AvgIpc) is 2.38. The van der Waals surface area contributed by atoms with Crippen LogP contribution in [0.2, 0.25) is 0 Å². The fourth-order valence-corrected chi connectivity index (χ4v) is 1.92. The zero-order valence-corrected chi connectivity index (χ0v) is 10.6. The van der Waals surface area contributed by atoms with Crippen molar-refractivity contribution in [3.8, 4) is 17.0 Å². The van der Waals surface area contributed by atoms with Crippen molar-refractivity contribution in [1.82, 2.24) is 9.97 Å². The zero-order valence-electron chi connectivity index (χ0n) is 9.74. The highest BCUT2D eigenvalue weighted by Crippen LogP contribution is 2.21. The smallest absolute Gasteiger partial charge is 0.147 e. The van der Waals surface area contributed by atoms with Crippen LogP contribution in [-0.2, 0) is 16.5 Å². The number of ether oxygens (including phenoxy) is 1. The molecule has 5 nitrogen and oxygen atoms in total. The van der Waals surface area contributed by atoms with Gasteiger partial charge in [0.1, 0.15) is 28.0 Å². The van der Waals surface area contributed by atoms with Crippen LogP contribution in [0.3, 0.4) is 0 Å². The van der Waals surface area contributed by atoms with E-state index in [1.165, 1.54) is 0 Å². The monoisotopic (exact) mass is 264 g/mol. The van der Waals surface area contributed by atoms with Gasteiger partial charge in [-0.15, -0.1) is 0 Å². The van der Waals surface area contributed by atoms with Gasteiger partial charge in [0.05, 0.1) is 12.8 Å². The lowest BCUT2D eigenvalue weighted by Crippen LogP contribution is -1.97. The van der Waals surface area contributed by atoms with E-state index in [1.807, 2.05) is 24.3 Å². The Hall–Kier alpha value is -1.95. The van der Waals surface area contributed by atoms with Crippen LogP contribution in [0, 0.1) is 0 Å². The lowest BCUT2D eigenvalue weighted by atomic mass is 10.1. The molecular weight excluding hydrogens is 252 g/mol. The molecule has 0 unspecified atom stereocenters. The summed E-state index contributed by atoms with van der Waals surface area (Å²) in [7, 11) is -0.927. The molecule has 0 spiro atoms. The molecule has 0 N–H and O–H groups in total. The normalized spacial score (nSPS) is 10.6. The lowest BCUT2D eigenvalue weighted by molar-refractivity contribution is 0.415. The van der Waals surface area contributed by atoms with Crippen molar-refractivity contribution in [1.29, 1.82) is 0 Å². The minimum Gasteiger partial charge on any atom is -0.497 e. The van der Waals surface area contributed by atoms with Crippen LogP contribution in [0.15, 0.2) is 36.5 Å². The van der Waals surface area contributed by atoms with Crippen molar-refractivity contribution >= 4 is 10.7 Å². The molecule has 2 aromatic rings. The van der Waals surface area contributed by atoms with Gasteiger partial charge < -0.3 is 4.74 Å². The molecule has 0 atom stereocenters. The molecule has 1 aromatic heterocycles. The second-order valence-corrected chi connectivity index (χ2v) is 4.56. The van der Waals surface area contributed by atoms with Gasteiger partial charge in [0.2, 0.25) is 0 Å². The molecule has 0 radical (unpaired) electrons. The van der Waals surface area contributed by atoms with Gasteiger partial charge in [0.25, 0.3) is 0 Å². The van der Waals surface area contributed by atoms with Gasteiger partial charge in [0.15, 0.2) is 0 Å². The highest BCUT2D eigenvalue weighted by molar-refractivity contribution is 7.71. The van der Waals surface area contributed by atoms with Gasteiger partial charge in [0, 0.05) is 11.8 Å². The maximum absolute atomic E-state index is 10.7. The third kappa shape index (κ3) is 3.04. The van der Waals surface area contributed by atoms with E-state index in [2.05, 4.69) is 9.97 Å². The summed E-state index contributed by atoms with van der Waals surface area (Å²) in [6, 6.07) is 9.13. The van der Waals surface area contributed by atoms with E-state index < -0.39 is 10.7 Å². The molecular formula is C12H12N2O3S. The lowest BCUT2D eigenvalue weighted by Gasteiger charge is -2.04. The quantitative estimate of drug-likeness (QED) is 0.842. The Morgan fingerprint density at radius 3 is 2.83 bits per heavy atom. The van der Waals surface area contributed by atoms with Gasteiger partial charge in [-0.3, -0.25) is 0 Å². The van der Waals surface area contributed by atoms with Gasteiger partial charge in [-0.1, -0.05) is 12.1 Å². The van der Waals surface area contributed by atoms with Gasteiger partial charge >= 0.3 is 0 Å². The van der Waals surface area contributed by atoms with Crippen molar-refractivity contribution < 1.29 is 13.2 Å². The zero-order chi connectivity index (χ0) is 13.0. The molecule has 1 aromatic carbocycles. The van der Waals surface area contributed by atoms with E-state index in [1.54, 1.807) is 19.4 Å². The first-order valence-electron chi connectivity index (χ1n) is 5.27. The summed E-state index contributed by atoms with van der Waals surface area (Å²) in [5, 5.41) is 0. The maximum atomic E-state index is 10.7. The molecule has 0 saturated heterocycles. The number of nitrogens with zero attached hydrogens (tertiary/aromatic N) is 2. The molecule has 0 aliphatic carbocycles. The van der Waals surface area contributed by atoms with Crippen molar-refractivity contribution in [3.63, 3.8) is 0 Å². The fourth-order valence-electron chi connectivity index (χ4n) is 1.53. The highest BCUT2D eigenvalue weighted by Gasteiger charge is 2.04. The molecule has 0 bridgehead atoms. The number of benzene rings is 1. The predicted octanol–water partition coefficient (Wildman–Crippen LogP) is 1.26. The van der Waals surface area contributed by atoms with Crippen molar-refractivity contribution in [2.75, 3.05) is 7.11 Å². The summed E-state index contributed by atoms with van der Waals surface area (Å²) in [4.78, 5) is 8.13. The van der Waals surface area contributed by atoms with Crippen LogP contribution in [0.4, 0.5) is 0 Å². The fraction of sp³-hybridized carbons (Fsp3) is 0.167. The molecule has 0 fully saturated rings. The molecule has 6 heteroatoms. The molecule has 0 aliphatic heterocycles. The van der Waals surface area contributed by atoms with E-state index in [-0.39, 0.29) is 5.75 Å². The van der Waals surface area contributed by atoms with Crippen molar-refractivity contribution in [3.05, 3.63) is 42.4 Å². The topological polar surface area (TPSA) is 69.2 Å². The largest absolute Gasteiger partial charge is 0.497 e. The first kappa shape index (κ1) is 12.5. The molecule has 0 saturated carbocycles. The van der Waals surface area contributed by atoms with E-state index in [0.717, 1.165) is 11.3 Å². The van der Waals surface area contributed by atoms with E-state index >= 15 is 0 Å². The summed E-state index contributed by atoms with van der Waals surface area (Å²) >= 11 is 0. The SMILES string of the molecule is COc1cccc(-c2ccnc(C[SH](=O)=O)n2)c1. The standard InChI is InChI=1S/C12H12N2O3S/c1-17-10-4-2-3-9(7-10)11-5-6-13-12(14-11)8-18(15)16/h2-7,18H,8H2,1H3. The molecule has 0 amide bonds. The Morgan fingerprint density at radius 1 is 1.28 bits per heavy atom. The van der Waals surface area contributed by atoms with Crippen molar-refractivity contribution in [2.45, 2.75) is 5.75 Å². The number of thiol groups is 1. The first-order valence-corrected chi connectivity index (χ1v) is 6.63.